The van der Waals surface area contributed by atoms with Crippen LogP contribution in [0, 0.1) is 0 Å². The van der Waals surface area contributed by atoms with Crippen molar-refractivity contribution < 1.29 is 28.2 Å². The number of alkyl halides is 3. The number of rotatable bonds is 2. The minimum Gasteiger partial charge on any atom is -0.477 e. The molecule has 0 saturated carbocycles. The first-order valence-corrected chi connectivity index (χ1v) is 1.82. The summed E-state index contributed by atoms with van der Waals surface area (Å²) >= 11 is 0. The van der Waals surface area contributed by atoms with E-state index >= 15 is 0 Å². The normalized spacial score (nSPS) is 17.4. The Morgan fingerprint density at radius 1 is 1.56 bits per heavy atom. The van der Waals surface area contributed by atoms with Gasteiger partial charge in [-0.3, -0.25) is 0 Å². The fourth-order valence-corrected chi connectivity index (χ4v) is 0.0933. The summed E-state index contributed by atoms with van der Waals surface area (Å²) in [5.41, 5.74) is 0. The van der Waals surface area contributed by atoms with E-state index in [0.717, 1.165) is 0 Å². The Kier molecular flexibility index (Phi) is 2.03. The predicted molar refractivity (Wildman–Crippen MR) is 19.7 cm³/mol. The maximum Gasteiger partial charge on any atom is 0.375 e. The summed E-state index contributed by atoms with van der Waals surface area (Å²) in [4.78, 5) is 9.36. The lowest BCUT2D eigenvalue weighted by molar-refractivity contribution is -0.213. The largest absolute Gasteiger partial charge is 0.477 e. The fraction of sp³-hybridized carbons (Fsp3) is 0.667. The second kappa shape index (κ2) is 2.22. The van der Waals surface area contributed by atoms with Crippen molar-refractivity contribution in [1.82, 2.24) is 0 Å². The van der Waals surface area contributed by atoms with E-state index in [1.165, 1.54) is 0 Å². The molecule has 1 atom stereocenters. The second-order valence-electron chi connectivity index (χ2n) is 1.28. The Labute approximate surface area is 47.7 Å². The third kappa shape index (κ3) is 1.56. The van der Waals surface area contributed by atoms with Crippen molar-refractivity contribution in [3.63, 3.8) is 0 Å². The van der Waals surface area contributed by atoms with E-state index in [0.29, 0.717) is 0 Å². The number of carboxylic acid groups (broad SMARTS) is 1. The van der Waals surface area contributed by atoms with Crippen molar-refractivity contribution in [2.45, 2.75) is 12.3 Å². The van der Waals surface area contributed by atoms with E-state index in [4.69, 9.17) is 10.2 Å². The van der Waals surface area contributed by atoms with Gasteiger partial charge in [0, 0.05) is 0 Å². The van der Waals surface area contributed by atoms with Crippen molar-refractivity contribution in [3.05, 3.63) is 0 Å². The number of aliphatic hydroxyl groups is 1. The Morgan fingerprint density at radius 2 is 1.89 bits per heavy atom. The van der Waals surface area contributed by atoms with E-state index in [1.54, 1.807) is 0 Å². The molecule has 0 amide bonds. The molecule has 0 aliphatic carbocycles. The first kappa shape index (κ1) is 8.22. The topological polar surface area (TPSA) is 57.5 Å². The molecule has 9 heavy (non-hydrogen) atoms. The molecule has 0 bridgehead atoms. The van der Waals surface area contributed by atoms with Crippen molar-refractivity contribution >= 4 is 5.97 Å². The maximum absolute atomic E-state index is 11.5. The Balaban J connectivity index is 4.19. The fourth-order valence-electron chi connectivity index (χ4n) is 0.0933. The monoisotopic (exact) mass is 144 g/mol. The number of hydrogen-bond donors (Lipinski definition) is 2. The van der Waals surface area contributed by atoms with Gasteiger partial charge in [-0.05, 0) is 0 Å². The van der Waals surface area contributed by atoms with E-state index in [9.17, 15) is 18.0 Å². The van der Waals surface area contributed by atoms with Crippen LogP contribution in [0.25, 0.3) is 0 Å². The van der Waals surface area contributed by atoms with Crippen LogP contribution >= 0.6 is 0 Å². The van der Waals surface area contributed by atoms with Gasteiger partial charge in [0.25, 0.3) is 0 Å². The summed E-state index contributed by atoms with van der Waals surface area (Å²) in [5.74, 6) is -7.00. The lowest BCUT2D eigenvalue weighted by Crippen LogP contribution is -2.40. The first-order valence-electron chi connectivity index (χ1n) is 1.82. The van der Waals surface area contributed by atoms with Gasteiger partial charge in [0.05, 0.1) is 0 Å². The number of carbonyl (C=O) groups is 1. The summed E-state index contributed by atoms with van der Waals surface area (Å²) in [6, 6.07) is 0. The molecule has 0 radical (unpaired) electrons. The molecule has 0 heterocycles. The minimum absolute atomic E-state index is 2.59. The van der Waals surface area contributed by atoms with Crippen LogP contribution in [0.5, 0.6) is 0 Å². The van der Waals surface area contributed by atoms with Gasteiger partial charge in [0.2, 0.25) is 0 Å². The van der Waals surface area contributed by atoms with E-state index in [1.807, 2.05) is 0 Å². The number of halogens is 3. The summed E-state index contributed by atoms with van der Waals surface area (Å²) in [6.07, 6.45) is -3.92. The standard InChI is InChI=1S/C3H3F3O3/c4-1(5)3(6,9)2(7)8/h1,9H,(H,7,8)/t3-/m0/s1. The molecule has 0 aromatic carbocycles. The average molecular weight is 144 g/mol. The zero-order valence-electron chi connectivity index (χ0n) is 4.01. The zero-order valence-corrected chi connectivity index (χ0v) is 4.01. The molecule has 0 aliphatic rings. The highest BCUT2D eigenvalue weighted by molar-refractivity contribution is 5.75. The quantitative estimate of drug-likeness (QED) is 0.573. The molecule has 2 N–H and O–H groups in total. The van der Waals surface area contributed by atoms with Crippen LogP contribution in [0.3, 0.4) is 0 Å². The molecule has 0 aromatic heterocycles. The van der Waals surface area contributed by atoms with Crippen LogP contribution < -0.4 is 0 Å². The first-order chi connectivity index (χ1) is 3.89. The molecule has 6 heteroatoms. The van der Waals surface area contributed by atoms with E-state index in [2.05, 4.69) is 0 Å². The Hall–Kier alpha value is -0.780. The number of carboxylic acids is 1. The molecule has 0 unspecified atom stereocenters. The number of aliphatic carboxylic acids is 1. The predicted octanol–water partition coefficient (Wildman–Crippen LogP) is -0.00580. The van der Waals surface area contributed by atoms with Crippen LogP contribution in [0.2, 0.25) is 0 Å². The van der Waals surface area contributed by atoms with E-state index < -0.39 is 18.2 Å². The number of hydrogen-bond acceptors (Lipinski definition) is 2. The van der Waals surface area contributed by atoms with Gasteiger partial charge in [0.1, 0.15) is 0 Å². The molecule has 0 aromatic rings. The average Bonchev–Trinajstić information content (AvgIpc) is 1.65. The van der Waals surface area contributed by atoms with Crippen LogP contribution in [-0.2, 0) is 4.79 Å². The van der Waals surface area contributed by atoms with Gasteiger partial charge >= 0.3 is 18.2 Å². The highest BCUT2D eigenvalue weighted by Gasteiger charge is 2.46. The van der Waals surface area contributed by atoms with Crippen LogP contribution in [0.15, 0.2) is 0 Å². The zero-order chi connectivity index (χ0) is 7.65. The van der Waals surface area contributed by atoms with Crippen molar-refractivity contribution in [3.8, 4) is 0 Å². The molecule has 0 aliphatic heterocycles. The van der Waals surface area contributed by atoms with E-state index in [-0.39, 0.29) is 0 Å². The molecule has 3 nitrogen and oxygen atoms in total. The highest BCUT2D eigenvalue weighted by atomic mass is 19.3. The van der Waals surface area contributed by atoms with Gasteiger partial charge < -0.3 is 10.2 Å². The van der Waals surface area contributed by atoms with Gasteiger partial charge in [0.15, 0.2) is 0 Å². The lowest BCUT2D eigenvalue weighted by atomic mass is 10.3. The van der Waals surface area contributed by atoms with Gasteiger partial charge in [-0.2, -0.15) is 4.39 Å². The third-order valence-corrected chi connectivity index (χ3v) is 0.589. The summed E-state index contributed by atoms with van der Waals surface area (Å²) in [7, 11) is 0. The van der Waals surface area contributed by atoms with Crippen molar-refractivity contribution in [2.75, 3.05) is 0 Å². The molecular weight excluding hydrogens is 141 g/mol. The molecule has 54 valence electrons. The van der Waals surface area contributed by atoms with Crippen LogP contribution in [0.1, 0.15) is 0 Å². The summed E-state index contributed by atoms with van der Waals surface area (Å²) in [5, 5.41) is 15.2. The Bertz CT molecular complexity index is 121. The van der Waals surface area contributed by atoms with Gasteiger partial charge in [-0.25, -0.2) is 13.6 Å². The van der Waals surface area contributed by atoms with Crippen molar-refractivity contribution in [2.24, 2.45) is 0 Å². The minimum atomic E-state index is -4.42. The van der Waals surface area contributed by atoms with Gasteiger partial charge in [-0.15, -0.1) is 0 Å². The SMILES string of the molecule is O=C(O)[C@](O)(F)C(F)F. The Morgan fingerprint density at radius 3 is 1.89 bits per heavy atom. The van der Waals surface area contributed by atoms with Crippen LogP contribution in [0.4, 0.5) is 13.2 Å². The lowest BCUT2D eigenvalue weighted by Gasteiger charge is -2.10. The summed E-state index contributed by atoms with van der Waals surface area (Å²) in [6.45, 7) is 0. The second-order valence-corrected chi connectivity index (χ2v) is 1.28. The van der Waals surface area contributed by atoms with Crippen LogP contribution in [-0.4, -0.2) is 28.5 Å². The van der Waals surface area contributed by atoms with Gasteiger partial charge in [-0.1, -0.05) is 0 Å². The molecule has 0 spiro atoms. The van der Waals surface area contributed by atoms with Crippen molar-refractivity contribution in [1.29, 1.82) is 0 Å². The molecule has 0 saturated heterocycles. The smallest absolute Gasteiger partial charge is 0.375 e. The molecule has 0 rings (SSSR count). The maximum atomic E-state index is 11.5. The molecular formula is C3H3F3O3. The summed E-state index contributed by atoms with van der Waals surface area (Å²) < 4.78 is 33.7. The highest BCUT2D eigenvalue weighted by Crippen LogP contribution is 2.16. The molecule has 0 fully saturated rings. The third-order valence-electron chi connectivity index (χ3n) is 0.589.